The van der Waals surface area contributed by atoms with E-state index in [1.54, 1.807) is 5.06 Å². The van der Waals surface area contributed by atoms with Crippen LogP contribution in [0.15, 0.2) is 0 Å². The Morgan fingerprint density at radius 1 is 1.82 bits per heavy atom. The van der Waals surface area contributed by atoms with E-state index in [1.165, 1.54) is 0 Å². The molecule has 4 heteroatoms. The zero-order valence-electron chi connectivity index (χ0n) is 6.71. The molecule has 0 radical (unpaired) electrons. The third kappa shape index (κ3) is 2.15. The van der Waals surface area contributed by atoms with E-state index in [0.29, 0.717) is 6.73 Å². The van der Waals surface area contributed by atoms with Gasteiger partial charge < -0.3 is 0 Å². The highest BCUT2D eigenvalue weighted by Gasteiger charge is 2.24. The predicted octanol–water partition coefficient (Wildman–Crippen LogP) is 0.0829. The number of rotatable bonds is 3. The van der Waals surface area contributed by atoms with Crippen LogP contribution in [0.4, 0.5) is 0 Å². The van der Waals surface area contributed by atoms with Gasteiger partial charge in [-0.25, -0.2) is 0 Å². The van der Waals surface area contributed by atoms with Crippen molar-refractivity contribution in [3.8, 4) is 6.07 Å². The summed E-state index contributed by atoms with van der Waals surface area (Å²) in [5.74, 6) is 0. The Morgan fingerprint density at radius 3 is 3.27 bits per heavy atom. The number of nitriles is 1. The molecule has 0 amide bonds. The lowest BCUT2D eigenvalue weighted by molar-refractivity contribution is -0.162. The summed E-state index contributed by atoms with van der Waals surface area (Å²) in [6, 6.07) is 2.16. The lowest BCUT2D eigenvalue weighted by atomic mass is 10.2. The molecule has 1 rings (SSSR count). The molecule has 1 aliphatic heterocycles. The quantitative estimate of drug-likeness (QED) is 0.586. The van der Waals surface area contributed by atoms with Crippen LogP contribution in [-0.4, -0.2) is 31.4 Å². The molecule has 11 heavy (non-hydrogen) atoms. The maximum atomic E-state index is 8.64. The van der Waals surface area contributed by atoms with E-state index >= 15 is 0 Å². The van der Waals surface area contributed by atoms with Crippen molar-refractivity contribution >= 4 is 0 Å². The van der Waals surface area contributed by atoms with E-state index in [1.807, 2.05) is 7.05 Å². The number of nitrogens with one attached hydrogen (secondary N) is 1. The monoisotopic (exact) mass is 155 g/mol. The van der Waals surface area contributed by atoms with Crippen molar-refractivity contribution in [3.63, 3.8) is 0 Å². The van der Waals surface area contributed by atoms with Gasteiger partial charge in [0.15, 0.2) is 0 Å². The first-order chi connectivity index (χ1) is 5.38. The molecule has 62 valence electrons. The minimum absolute atomic E-state index is 0.0386. The van der Waals surface area contributed by atoms with Crippen molar-refractivity contribution in [2.45, 2.75) is 18.9 Å². The normalized spacial score (nSPS) is 25.3. The summed E-state index contributed by atoms with van der Waals surface area (Å²) in [4.78, 5) is 5.26. The van der Waals surface area contributed by atoms with Crippen molar-refractivity contribution in [1.82, 2.24) is 10.4 Å². The molecule has 0 aromatic carbocycles. The topological polar surface area (TPSA) is 48.3 Å². The highest BCUT2D eigenvalue weighted by molar-refractivity contribution is 4.92. The number of hydroxylamine groups is 2. The molecule has 1 N–H and O–H groups in total. The van der Waals surface area contributed by atoms with Crippen molar-refractivity contribution in [1.29, 1.82) is 5.26 Å². The van der Waals surface area contributed by atoms with Crippen molar-refractivity contribution in [3.05, 3.63) is 0 Å². The fourth-order valence-corrected chi connectivity index (χ4v) is 1.17. The Morgan fingerprint density at radius 2 is 2.64 bits per heavy atom. The molecule has 0 bridgehead atoms. The second-order valence-corrected chi connectivity index (χ2v) is 2.55. The molecule has 1 heterocycles. The first-order valence-electron chi connectivity index (χ1n) is 3.82. The van der Waals surface area contributed by atoms with Crippen LogP contribution >= 0.6 is 0 Å². The van der Waals surface area contributed by atoms with E-state index in [0.717, 1.165) is 19.4 Å². The van der Waals surface area contributed by atoms with Gasteiger partial charge in [-0.3, -0.25) is 10.2 Å². The molecule has 4 nitrogen and oxygen atoms in total. The molecule has 1 saturated heterocycles. The molecule has 1 fully saturated rings. The van der Waals surface area contributed by atoms with Crippen LogP contribution in [0.5, 0.6) is 0 Å². The summed E-state index contributed by atoms with van der Waals surface area (Å²) in [7, 11) is 1.82. The van der Waals surface area contributed by atoms with Crippen LogP contribution in [-0.2, 0) is 4.84 Å². The number of hydrogen-bond donors (Lipinski definition) is 1. The van der Waals surface area contributed by atoms with Gasteiger partial charge in [-0.05, 0) is 19.9 Å². The lowest BCUT2D eigenvalue weighted by Crippen LogP contribution is -2.31. The summed E-state index contributed by atoms with van der Waals surface area (Å²) in [5, 5.41) is 13.3. The van der Waals surface area contributed by atoms with Gasteiger partial charge in [-0.15, -0.1) is 0 Å². The molecule has 0 aromatic heterocycles. The summed E-state index contributed by atoms with van der Waals surface area (Å²) in [6.07, 6.45) is 1.99. The van der Waals surface area contributed by atoms with Crippen LogP contribution in [0.2, 0.25) is 0 Å². The molecule has 1 aliphatic rings. The van der Waals surface area contributed by atoms with Gasteiger partial charge in [0.05, 0.1) is 6.07 Å². The highest BCUT2D eigenvalue weighted by Crippen LogP contribution is 2.15. The lowest BCUT2D eigenvalue weighted by Gasteiger charge is -2.17. The summed E-state index contributed by atoms with van der Waals surface area (Å²) in [6.45, 7) is 1.36. The minimum atomic E-state index is -0.0386. The van der Waals surface area contributed by atoms with Gasteiger partial charge in [0.25, 0.3) is 0 Å². The Hall–Kier alpha value is -0.630. The Labute approximate surface area is 66.7 Å². The molecular weight excluding hydrogens is 142 g/mol. The fraction of sp³-hybridized carbons (Fsp3) is 0.857. The van der Waals surface area contributed by atoms with Gasteiger partial charge in [0.1, 0.15) is 12.8 Å². The smallest absolute Gasteiger partial charge is 0.122 e. The zero-order valence-corrected chi connectivity index (χ0v) is 6.71. The third-order valence-electron chi connectivity index (χ3n) is 1.73. The SMILES string of the molecule is CNCON1CCC[C@H]1C#N. The average molecular weight is 155 g/mol. The van der Waals surface area contributed by atoms with Crippen LogP contribution in [0.1, 0.15) is 12.8 Å². The standard InChI is InChI=1S/C7H13N3O/c1-9-6-11-10-4-2-3-7(10)5-8/h7,9H,2-4,6H2,1H3/t7-/m0/s1. The molecular formula is C7H13N3O. The van der Waals surface area contributed by atoms with Crippen LogP contribution in [0.25, 0.3) is 0 Å². The van der Waals surface area contributed by atoms with Gasteiger partial charge in [0, 0.05) is 6.54 Å². The maximum Gasteiger partial charge on any atom is 0.122 e. The summed E-state index contributed by atoms with van der Waals surface area (Å²) in [5.41, 5.74) is 0. The van der Waals surface area contributed by atoms with E-state index in [2.05, 4.69) is 11.4 Å². The molecule has 0 aromatic rings. The van der Waals surface area contributed by atoms with E-state index in [4.69, 9.17) is 10.1 Å². The van der Waals surface area contributed by atoms with Gasteiger partial charge >= 0.3 is 0 Å². The number of hydrogen-bond acceptors (Lipinski definition) is 4. The van der Waals surface area contributed by atoms with Crippen molar-refractivity contribution in [2.75, 3.05) is 20.3 Å². The van der Waals surface area contributed by atoms with Gasteiger partial charge in [-0.2, -0.15) is 10.3 Å². The van der Waals surface area contributed by atoms with Crippen LogP contribution in [0, 0.1) is 11.3 Å². The molecule has 0 unspecified atom stereocenters. The first kappa shape index (κ1) is 8.47. The van der Waals surface area contributed by atoms with Crippen LogP contribution in [0.3, 0.4) is 0 Å². The van der Waals surface area contributed by atoms with Gasteiger partial charge in [0.2, 0.25) is 0 Å². The second-order valence-electron chi connectivity index (χ2n) is 2.55. The third-order valence-corrected chi connectivity index (χ3v) is 1.73. The first-order valence-corrected chi connectivity index (χ1v) is 3.82. The predicted molar refractivity (Wildman–Crippen MR) is 40.4 cm³/mol. The Balaban J connectivity index is 2.27. The molecule has 0 spiro atoms. The molecule has 0 aliphatic carbocycles. The van der Waals surface area contributed by atoms with Crippen LogP contribution < -0.4 is 5.32 Å². The fourth-order valence-electron chi connectivity index (χ4n) is 1.17. The maximum absolute atomic E-state index is 8.64. The Kier molecular flexibility index (Phi) is 3.30. The number of nitrogens with zero attached hydrogens (tertiary/aromatic N) is 2. The van der Waals surface area contributed by atoms with Crippen molar-refractivity contribution in [2.24, 2.45) is 0 Å². The van der Waals surface area contributed by atoms with E-state index < -0.39 is 0 Å². The van der Waals surface area contributed by atoms with E-state index in [-0.39, 0.29) is 6.04 Å². The summed E-state index contributed by atoms with van der Waals surface area (Å²) < 4.78 is 0. The largest absolute Gasteiger partial charge is 0.296 e. The Bertz CT molecular complexity index is 154. The highest BCUT2D eigenvalue weighted by atomic mass is 16.7. The summed E-state index contributed by atoms with van der Waals surface area (Å²) >= 11 is 0. The second kappa shape index (κ2) is 4.29. The minimum Gasteiger partial charge on any atom is -0.296 e. The molecule has 1 atom stereocenters. The van der Waals surface area contributed by atoms with Crippen molar-refractivity contribution < 1.29 is 4.84 Å². The zero-order chi connectivity index (χ0) is 8.10. The average Bonchev–Trinajstić information content (AvgIpc) is 2.47. The molecule has 0 saturated carbocycles. The van der Waals surface area contributed by atoms with E-state index in [9.17, 15) is 0 Å². The van der Waals surface area contributed by atoms with Gasteiger partial charge in [-0.1, -0.05) is 0 Å².